The largest absolute Gasteiger partial charge is 0.497 e. The average Bonchev–Trinajstić information content (AvgIpc) is 3.16. The summed E-state index contributed by atoms with van der Waals surface area (Å²) in [5.74, 6) is -0.291. The van der Waals surface area contributed by atoms with Crippen molar-refractivity contribution in [2.75, 3.05) is 7.11 Å². The predicted molar refractivity (Wildman–Crippen MR) is 100 cm³/mol. The second kappa shape index (κ2) is 7.99. The summed E-state index contributed by atoms with van der Waals surface area (Å²) in [6, 6.07) is 13.7. The van der Waals surface area contributed by atoms with Crippen LogP contribution >= 0.6 is 22.9 Å². The van der Waals surface area contributed by atoms with E-state index in [4.69, 9.17) is 16.3 Å². The van der Waals surface area contributed by atoms with Crippen molar-refractivity contribution < 1.29 is 14.3 Å². The number of carbonyl (C=O) groups excluding carboxylic acids is 2. The van der Waals surface area contributed by atoms with Crippen molar-refractivity contribution in [3.05, 3.63) is 70.2 Å². The highest BCUT2D eigenvalue weighted by atomic mass is 35.5. The first-order chi connectivity index (χ1) is 12.6. The predicted octanol–water partition coefficient (Wildman–Crippen LogP) is 3.55. The fourth-order valence-corrected chi connectivity index (χ4v) is 3.03. The van der Waals surface area contributed by atoms with Gasteiger partial charge in [0.1, 0.15) is 16.5 Å². The summed E-state index contributed by atoms with van der Waals surface area (Å²) in [5.41, 5.74) is 6.19. The van der Waals surface area contributed by atoms with E-state index < -0.39 is 11.8 Å². The maximum Gasteiger partial charge on any atom is 0.289 e. The normalized spacial score (nSPS) is 10.2. The molecule has 3 rings (SSSR count). The van der Waals surface area contributed by atoms with Crippen LogP contribution in [-0.2, 0) is 0 Å². The molecule has 8 heteroatoms. The number of aromatic nitrogens is 1. The molecular weight excluding hydrogens is 374 g/mol. The number of rotatable bonds is 4. The van der Waals surface area contributed by atoms with Crippen LogP contribution in [0.4, 0.5) is 0 Å². The van der Waals surface area contributed by atoms with Crippen molar-refractivity contribution in [3.8, 4) is 16.3 Å². The van der Waals surface area contributed by atoms with Crippen LogP contribution in [0.2, 0.25) is 5.02 Å². The van der Waals surface area contributed by atoms with Gasteiger partial charge in [0.15, 0.2) is 0 Å². The second-order valence-electron chi connectivity index (χ2n) is 5.18. The van der Waals surface area contributed by atoms with Crippen molar-refractivity contribution in [1.29, 1.82) is 0 Å². The maximum atomic E-state index is 12.2. The maximum absolute atomic E-state index is 12.2. The highest BCUT2D eigenvalue weighted by Crippen LogP contribution is 2.25. The van der Waals surface area contributed by atoms with E-state index in [-0.39, 0.29) is 5.69 Å². The molecule has 26 heavy (non-hydrogen) atoms. The van der Waals surface area contributed by atoms with E-state index in [9.17, 15) is 9.59 Å². The lowest BCUT2D eigenvalue weighted by molar-refractivity contribution is 0.0844. The third kappa shape index (κ3) is 4.19. The van der Waals surface area contributed by atoms with Crippen molar-refractivity contribution >= 4 is 34.8 Å². The van der Waals surface area contributed by atoms with Gasteiger partial charge >= 0.3 is 0 Å². The summed E-state index contributed by atoms with van der Waals surface area (Å²) in [6.07, 6.45) is 0. The van der Waals surface area contributed by atoms with Crippen LogP contribution in [0.5, 0.6) is 5.75 Å². The van der Waals surface area contributed by atoms with Crippen molar-refractivity contribution in [3.63, 3.8) is 0 Å². The molecule has 0 aliphatic rings. The molecule has 132 valence electrons. The summed E-state index contributed by atoms with van der Waals surface area (Å²) in [7, 11) is 1.54. The van der Waals surface area contributed by atoms with E-state index in [2.05, 4.69) is 15.8 Å². The smallest absolute Gasteiger partial charge is 0.289 e. The molecule has 3 aromatic rings. The zero-order valence-corrected chi connectivity index (χ0v) is 15.2. The number of halogens is 1. The third-order valence-corrected chi connectivity index (χ3v) is 4.61. The van der Waals surface area contributed by atoms with Crippen LogP contribution in [0, 0.1) is 0 Å². The molecule has 1 heterocycles. The first-order valence-electron chi connectivity index (χ1n) is 7.53. The van der Waals surface area contributed by atoms with Gasteiger partial charge in [0.25, 0.3) is 11.8 Å². The monoisotopic (exact) mass is 387 g/mol. The summed E-state index contributed by atoms with van der Waals surface area (Å²) in [4.78, 5) is 28.5. The number of hydrogen-bond acceptors (Lipinski definition) is 5. The first kappa shape index (κ1) is 17.9. The van der Waals surface area contributed by atoms with Gasteiger partial charge in [-0.2, -0.15) is 0 Å². The van der Waals surface area contributed by atoms with Crippen LogP contribution in [0.3, 0.4) is 0 Å². The molecule has 0 unspecified atom stereocenters. The molecule has 2 aromatic carbocycles. The molecule has 1 aromatic heterocycles. The summed E-state index contributed by atoms with van der Waals surface area (Å²) in [6.45, 7) is 0. The van der Waals surface area contributed by atoms with E-state index in [0.29, 0.717) is 21.3 Å². The first-order valence-corrected chi connectivity index (χ1v) is 8.79. The van der Waals surface area contributed by atoms with Gasteiger partial charge in [0, 0.05) is 21.5 Å². The molecule has 2 N–H and O–H groups in total. The van der Waals surface area contributed by atoms with Gasteiger partial charge < -0.3 is 4.74 Å². The van der Waals surface area contributed by atoms with E-state index in [1.54, 1.807) is 48.9 Å². The summed E-state index contributed by atoms with van der Waals surface area (Å²) < 4.78 is 5.03. The Morgan fingerprint density at radius 2 is 1.65 bits per heavy atom. The summed E-state index contributed by atoms with van der Waals surface area (Å²) in [5, 5.41) is 2.94. The van der Waals surface area contributed by atoms with Crippen LogP contribution in [0.1, 0.15) is 20.8 Å². The van der Waals surface area contributed by atoms with Gasteiger partial charge in [-0.15, -0.1) is 11.3 Å². The SMILES string of the molecule is COc1ccc(C(=O)NNC(=O)c2csc(-c3ccc(Cl)cc3)n2)cc1. The van der Waals surface area contributed by atoms with Crippen LogP contribution in [0.25, 0.3) is 10.6 Å². The number of benzene rings is 2. The molecule has 0 aliphatic heterocycles. The summed E-state index contributed by atoms with van der Waals surface area (Å²) >= 11 is 7.19. The Bertz CT molecular complexity index is 924. The zero-order chi connectivity index (χ0) is 18.5. The minimum atomic E-state index is -0.497. The fraction of sp³-hybridized carbons (Fsp3) is 0.0556. The molecule has 0 aliphatic carbocycles. The number of nitrogens with one attached hydrogen (secondary N) is 2. The second-order valence-corrected chi connectivity index (χ2v) is 6.48. The van der Waals surface area contributed by atoms with E-state index in [1.165, 1.54) is 11.3 Å². The Balaban J connectivity index is 1.61. The fourth-order valence-electron chi connectivity index (χ4n) is 2.10. The molecule has 0 saturated carbocycles. The standard InChI is InChI=1S/C18H14ClN3O3S/c1-25-14-8-4-11(5-9-14)16(23)21-22-17(24)15-10-26-18(20-15)12-2-6-13(19)7-3-12/h2-10H,1H3,(H,21,23)(H,22,24). The lowest BCUT2D eigenvalue weighted by Gasteiger charge is -2.06. The van der Waals surface area contributed by atoms with Gasteiger partial charge in [-0.1, -0.05) is 23.7 Å². The quantitative estimate of drug-likeness (QED) is 0.671. The number of methoxy groups -OCH3 is 1. The molecule has 0 fully saturated rings. The van der Waals surface area contributed by atoms with Crippen molar-refractivity contribution in [2.24, 2.45) is 0 Å². The number of thiazole rings is 1. The molecular formula is C18H14ClN3O3S. The molecule has 0 saturated heterocycles. The van der Waals surface area contributed by atoms with Crippen molar-refractivity contribution in [2.45, 2.75) is 0 Å². The lowest BCUT2D eigenvalue weighted by atomic mass is 10.2. The van der Waals surface area contributed by atoms with Gasteiger partial charge in [-0.3, -0.25) is 20.4 Å². The van der Waals surface area contributed by atoms with Gasteiger partial charge in [0.05, 0.1) is 7.11 Å². The topological polar surface area (TPSA) is 80.3 Å². The zero-order valence-electron chi connectivity index (χ0n) is 13.7. The van der Waals surface area contributed by atoms with E-state index >= 15 is 0 Å². The molecule has 0 atom stereocenters. The minimum Gasteiger partial charge on any atom is -0.497 e. The number of nitrogens with zero attached hydrogens (tertiary/aromatic N) is 1. The molecule has 0 radical (unpaired) electrons. The lowest BCUT2D eigenvalue weighted by Crippen LogP contribution is -2.41. The highest BCUT2D eigenvalue weighted by molar-refractivity contribution is 7.13. The Hall–Kier alpha value is -2.90. The van der Waals surface area contributed by atoms with Crippen LogP contribution < -0.4 is 15.6 Å². The highest BCUT2D eigenvalue weighted by Gasteiger charge is 2.13. The van der Waals surface area contributed by atoms with Crippen molar-refractivity contribution in [1.82, 2.24) is 15.8 Å². The Morgan fingerprint density at radius 3 is 2.31 bits per heavy atom. The molecule has 6 nitrogen and oxygen atoms in total. The number of hydrazine groups is 1. The van der Waals surface area contributed by atoms with E-state index in [1.807, 2.05) is 12.1 Å². The van der Waals surface area contributed by atoms with E-state index in [0.717, 1.165) is 5.56 Å². The van der Waals surface area contributed by atoms with Crippen LogP contribution in [0.15, 0.2) is 53.9 Å². The number of amides is 2. The Labute approximate surface area is 158 Å². The number of ether oxygens (including phenoxy) is 1. The third-order valence-electron chi connectivity index (χ3n) is 3.47. The molecule has 0 spiro atoms. The molecule has 0 bridgehead atoms. The van der Waals surface area contributed by atoms with Gasteiger partial charge in [-0.05, 0) is 36.4 Å². The van der Waals surface area contributed by atoms with Gasteiger partial charge in [-0.25, -0.2) is 4.98 Å². The molecule has 2 amide bonds. The van der Waals surface area contributed by atoms with Crippen LogP contribution in [-0.4, -0.2) is 23.9 Å². The van der Waals surface area contributed by atoms with Gasteiger partial charge in [0.2, 0.25) is 0 Å². The number of hydrogen-bond donors (Lipinski definition) is 2. The minimum absolute atomic E-state index is 0.218. The average molecular weight is 388 g/mol. The Kier molecular flexibility index (Phi) is 5.50. The number of carbonyl (C=O) groups is 2. The Morgan fingerprint density at radius 1 is 1.00 bits per heavy atom.